The molecule has 1 saturated heterocycles. The van der Waals surface area contributed by atoms with E-state index in [1.807, 2.05) is 4.90 Å². The zero-order valence-electron chi connectivity index (χ0n) is 11.6. The summed E-state index contributed by atoms with van der Waals surface area (Å²) < 4.78 is 10.9. The van der Waals surface area contributed by atoms with Crippen LogP contribution in [0.25, 0.3) is 0 Å². The number of hydrogen-bond donors (Lipinski definition) is 2. The minimum atomic E-state index is -0.0893. The smallest absolute Gasteiger partial charge is 0.216 e. The van der Waals surface area contributed by atoms with Crippen molar-refractivity contribution in [3.05, 3.63) is 6.33 Å². The van der Waals surface area contributed by atoms with Gasteiger partial charge in [0.1, 0.15) is 6.33 Å². The normalized spacial score (nSPS) is 18.7. The van der Waals surface area contributed by atoms with Gasteiger partial charge in [-0.25, -0.2) is 9.97 Å². The molecule has 1 aromatic heterocycles. The van der Waals surface area contributed by atoms with E-state index >= 15 is 0 Å². The summed E-state index contributed by atoms with van der Waals surface area (Å²) in [5, 5.41) is 2.75. The number of amides is 1. The van der Waals surface area contributed by atoms with E-state index in [-0.39, 0.29) is 12.0 Å². The monoisotopic (exact) mass is 281 g/mol. The number of carbonyl (C=O) groups is 1. The molecule has 0 bridgehead atoms. The summed E-state index contributed by atoms with van der Waals surface area (Å²) in [6.07, 6.45) is 1.32. The van der Waals surface area contributed by atoms with Gasteiger partial charge in [0.25, 0.3) is 0 Å². The molecule has 1 aliphatic heterocycles. The number of methoxy groups -OCH3 is 1. The van der Waals surface area contributed by atoms with Gasteiger partial charge in [-0.05, 0) is 0 Å². The molecule has 1 fully saturated rings. The maximum absolute atomic E-state index is 10.9. The Labute approximate surface area is 117 Å². The van der Waals surface area contributed by atoms with Gasteiger partial charge in [0.2, 0.25) is 11.7 Å². The van der Waals surface area contributed by atoms with Gasteiger partial charge in [0, 0.05) is 26.6 Å². The summed E-state index contributed by atoms with van der Waals surface area (Å²) in [4.78, 5) is 21.1. The van der Waals surface area contributed by atoms with Crippen molar-refractivity contribution in [2.24, 2.45) is 0 Å². The van der Waals surface area contributed by atoms with Crippen LogP contribution in [0.3, 0.4) is 0 Å². The molecule has 1 atom stereocenters. The van der Waals surface area contributed by atoms with Crippen molar-refractivity contribution in [2.45, 2.75) is 13.0 Å². The summed E-state index contributed by atoms with van der Waals surface area (Å²) in [6.45, 7) is 3.79. The molecule has 20 heavy (non-hydrogen) atoms. The van der Waals surface area contributed by atoms with E-state index in [9.17, 15) is 4.79 Å². The molecule has 2 rings (SSSR count). The number of carbonyl (C=O) groups excluding carboxylic acids is 1. The first-order chi connectivity index (χ1) is 9.61. The number of nitrogen functional groups attached to an aromatic ring is 1. The summed E-state index contributed by atoms with van der Waals surface area (Å²) in [7, 11) is 1.54. The average Bonchev–Trinajstić information content (AvgIpc) is 2.45. The second-order valence-corrected chi connectivity index (χ2v) is 4.49. The van der Waals surface area contributed by atoms with E-state index in [1.54, 1.807) is 0 Å². The number of nitrogens with zero attached hydrogens (tertiary/aromatic N) is 3. The van der Waals surface area contributed by atoms with Crippen molar-refractivity contribution in [1.82, 2.24) is 15.3 Å². The Kier molecular flexibility index (Phi) is 4.57. The standard InChI is InChI=1S/C12H19N5O3/c1-8(18)14-5-9-6-17(3-4-20-9)12-10(19-2)11(13)15-7-16-12/h7,9H,3-6H2,1-2H3,(H,14,18)(H2,13,15,16). The first kappa shape index (κ1) is 14.3. The fraction of sp³-hybridized carbons (Fsp3) is 0.583. The lowest BCUT2D eigenvalue weighted by atomic mass is 10.2. The van der Waals surface area contributed by atoms with Gasteiger partial charge in [-0.2, -0.15) is 0 Å². The highest BCUT2D eigenvalue weighted by molar-refractivity contribution is 5.72. The highest BCUT2D eigenvalue weighted by Gasteiger charge is 2.25. The van der Waals surface area contributed by atoms with Gasteiger partial charge in [-0.3, -0.25) is 4.79 Å². The molecular formula is C12H19N5O3. The Balaban J connectivity index is 2.09. The third-order valence-electron chi connectivity index (χ3n) is 3.03. The zero-order chi connectivity index (χ0) is 14.5. The van der Waals surface area contributed by atoms with E-state index in [0.29, 0.717) is 43.6 Å². The number of hydrogen-bond acceptors (Lipinski definition) is 7. The Morgan fingerprint density at radius 2 is 2.45 bits per heavy atom. The van der Waals surface area contributed by atoms with Crippen LogP contribution in [-0.4, -0.2) is 55.3 Å². The number of nitrogens with two attached hydrogens (primary N) is 1. The van der Waals surface area contributed by atoms with E-state index in [1.165, 1.54) is 20.4 Å². The maximum atomic E-state index is 10.9. The lowest BCUT2D eigenvalue weighted by Crippen LogP contribution is -2.47. The van der Waals surface area contributed by atoms with Gasteiger partial charge in [-0.1, -0.05) is 0 Å². The summed E-state index contributed by atoms with van der Waals surface area (Å²) in [5.74, 6) is 1.35. The van der Waals surface area contributed by atoms with E-state index in [4.69, 9.17) is 15.2 Å². The van der Waals surface area contributed by atoms with Crippen LogP contribution in [0.15, 0.2) is 6.33 Å². The minimum absolute atomic E-state index is 0.0745. The fourth-order valence-corrected chi connectivity index (χ4v) is 2.09. The van der Waals surface area contributed by atoms with Crippen LogP contribution in [0.2, 0.25) is 0 Å². The Hall–Kier alpha value is -2.09. The van der Waals surface area contributed by atoms with Crippen molar-refractivity contribution in [3.8, 4) is 5.75 Å². The molecule has 8 nitrogen and oxygen atoms in total. The predicted molar refractivity (Wildman–Crippen MR) is 73.6 cm³/mol. The molecule has 0 radical (unpaired) electrons. The van der Waals surface area contributed by atoms with E-state index < -0.39 is 0 Å². The molecule has 1 aromatic rings. The van der Waals surface area contributed by atoms with Gasteiger partial charge >= 0.3 is 0 Å². The highest BCUT2D eigenvalue weighted by atomic mass is 16.5. The van der Waals surface area contributed by atoms with Crippen molar-refractivity contribution < 1.29 is 14.3 Å². The Morgan fingerprint density at radius 3 is 3.15 bits per heavy atom. The van der Waals surface area contributed by atoms with Crippen LogP contribution in [0.4, 0.5) is 11.6 Å². The molecule has 1 aliphatic rings. The molecule has 0 saturated carbocycles. The van der Waals surface area contributed by atoms with Crippen molar-refractivity contribution in [1.29, 1.82) is 0 Å². The fourth-order valence-electron chi connectivity index (χ4n) is 2.09. The zero-order valence-corrected chi connectivity index (χ0v) is 11.6. The van der Waals surface area contributed by atoms with Gasteiger partial charge in [-0.15, -0.1) is 0 Å². The highest BCUT2D eigenvalue weighted by Crippen LogP contribution is 2.30. The van der Waals surface area contributed by atoms with Crippen molar-refractivity contribution in [3.63, 3.8) is 0 Å². The molecule has 0 aliphatic carbocycles. The Morgan fingerprint density at radius 1 is 1.65 bits per heavy atom. The number of morpholine rings is 1. The molecule has 3 N–H and O–H groups in total. The topological polar surface area (TPSA) is 103 Å². The summed E-state index contributed by atoms with van der Waals surface area (Å²) in [6, 6.07) is 0. The van der Waals surface area contributed by atoms with Crippen LogP contribution in [0, 0.1) is 0 Å². The summed E-state index contributed by atoms with van der Waals surface area (Å²) in [5.41, 5.74) is 5.78. The van der Waals surface area contributed by atoms with Crippen LogP contribution >= 0.6 is 0 Å². The summed E-state index contributed by atoms with van der Waals surface area (Å²) >= 11 is 0. The van der Waals surface area contributed by atoms with Crippen molar-refractivity contribution >= 4 is 17.5 Å². The second kappa shape index (κ2) is 6.38. The van der Waals surface area contributed by atoms with Gasteiger partial charge in [0.15, 0.2) is 11.6 Å². The molecule has 0 aromatic carbocycles. The number of nitrogens with one attached hydrogen (secondary N) is 1. The van der Waals surface area contributed by atoms with E-state index in [0.717, 1.165) is 0 Å². The number of aromatic nitrogens is 2. The first-order valence-electron chi connectivity index (χ1n) is 6.37. The molecule has 1 unspecified atom stereocenters. The average molecular weight is 281 g/mol. The number of ether oxygens (including phenoxy) is 2. The maximum Gasteiger partial charge on any atom is 0.216 e. The third-order valence-corrected chi connectivity index (χ3v) is 3.03. The Bertz CT molecular complexity index is 482. The molecule has 0 spiro atoms. The SMILES string of the molecule is COc1c(N)ncnc1N1CCOC(CNC(C)=O)C1. The van der Waals surface area contributed by atoms with Gasteiger partial charge in [0.05, 0.1) is 19.8 Å². The molecule has 110 valence electrons. The predicted octanol–water partition coefficient (Wildman–Crippen LogP) is -0.591. The minimum Gasteiger partial charge on any atom is -0.490 e. The third kappa shape index (κ3) is 3.27. The lowest BCUT2D eigenvalue weighted by Gasteiger charge is -2.34. The van der Waals surface area contributed by atoms with Crippen LogP contribution < -0.4 is 20.7 Å². The second-order valence-electron chi connectivity index (χ2n) is 4.49. The number of anilines is 2. The lowest BCUT2D eigenvalue weighted by molar-refractivity contribution is -0.119. The number of rotatable bonds is 4. The van der Waals surface area contributed by atoms with E-state index in [2.05, 4.69) is 15.3 Å². The van der Waals surface area contributed by atoms with Crippen LogP contribution in [0.5, 0.6) is 5.75 Å². The largest absolute Gasteiger partial charge is 0.490 e. The molecular weight excluding hydrogens is 262 g/mol. The van der Waals surface area contributed by atoms with Crippen LogP contribution in [-0.2, 0) is 9.53 Å². The molecule has 2 heterocycles. The van der Waals surface area contributed by atoms with Crippen LogP contribution in [0.1, 0.15) is 6.92 Å². The first-order valence-corrected chi connectivity index (χ1v) is 6.37. The molecule has 1 amide bonds. The quantitative estimate of drug-likeness (QED) is 0.760. The molecule has 8 heteroatoms. The van der Waals surface area contributed by atoms with Crippen molar-refractivity contribution in [2.75, 3.05) is 44.0 Å². The van der Waals surface area contributed by atoms with Gasteiger partial charge < -0.3 is 25.4 Å².